The molecule has 7 nitrogen and oxygen atoms in total. The van der Waals surface area contributed by atoms with E-state index < -0.39 is 5.97 Å². The number of rotatable bonds is 5. The summed E-state index contributed by atoms with van der Waals surface area (Å²) in [6.45, 7) is 1.86. The van der Waals surface area contributed by atoms with Crippen LogP contribution in [0.1, 0.15) is 29.6 Å². The van der Waals surface area contributed by atoms with Crippen molar-refractivity contribution in [3.63, 3.8) is 0 Å². The molecule has 3 rings (SSSR count). The van der Waals surface area contributed by atoms with E-state index in [0.29, 0.717) is 19.5 Å². The third-order valence-corrected chi connectivity index (χ3v) is 4.30. The van der Waals surface area contributed by atoms with Crippen LogP contribution in [-0.2, 0) is 4.79 Å². The highest BCUT2D eigenvalue weighted by atomic mass is 16.5. The van der Waals surface area contributed by atoms with E-state index >= 15 is 0 Å². The van der Waals surface area contributed by atoms with E-state index in [2.05, 4.69) is 5.32 Å². The lowest BCUT2D eigenvalue weighted by atomic mass is 10.1. The van der Waals surface area contributed by atoms with Crippen molar-refractivity contribution < 1.29 is 24.5 Å². The summed E-state index contributed by atoms with van der Waals surface area (Å²) in [5.41, 5.74) is -0.243. The van der Waals surface area contributed by atoms with Crippen LogP contribution in [0.2, 0.25) is 0 Å². The van der Waals surface area contributed by atoms with E-state index in [1.165, 1.54) is 18.2 Å². The second-order valence-corrected chi connectivity index (χ2v) is 5.99. The highest BCUT2D eigenvalue weighted by molar-refractivity contribution is 5.94. The van der Waals surface area contributed by atoms with Gasteiger partial charge in [0.25, 0.3) is 0 Å². The zero-order valence-electron chi connectivity index (χ0n) is 12.7. The van der Waals surface area contributed by atoms with Crippen molar-refractivity contribution >= 4 is 11.9 Å². The minimum Gasteiger partial charge on any atom is -0.507 e. The number of aromatic hydroxyl groups is 1. The van der Waals surface area contributed by atoms with Gasteiger partial charge in [0.05, 0.1) is 13.1 Å². The molecule has 3 N–H and O–H groups in total. The first-order valence-electron chi connectivity index (χ1n) is 7.77. The summed E-state index contributed by atoms with van der Waals surface area (Å²) in [4.78, 5) is 25.0. The molecule has 2 aliphatic heterocycles. The zero-order valence-corrected chi connectivity index (χ0v) is 12.7. The summed E-state index contributed by atoms with van der Waals surface area (Å²) in [7, 11) is 0. The zero-order chi connectivity index (χ0) is 16.4. The number of hydrogen-bond donors (Lipinski definition) is 3. The number of amides is 1. The van der Waals surface area contributed by atoms with Gasteiger partial charge >= 0.3 is 5.97 Å². The Morgan fingerprint density at radius 1 is 1.35 bits per heavy atom. The average molecular weight is 320 g/mol. The van der Waals surface area contributed by atoms with Crippen LogP contribution in [0.3, 0.4) is 0 Å². The molecule has 23 heavy (non-hydrogen) atoms. The average Bonchev–Trinajstić information content (AvgIpc) is 2.94. The Morgan fingerprint density at radius 3 is 2.78 bits per heavy atom. The van der Waals surface area contributed by atoms with E-state index in [4.69, 9.17) is 9.84 Å². The molecule has 1 atom stereocenters. The van der Waals surface area contributed by atoms with Crippen LogP contribution in [0.5, 0.6) is 11.5 Å². The minimum absolute atomic E-state index is 0.0959. The first-order chi connectivity index (χ1) is 11.0. The number of carbonyl (C=O) groups excluding carboxylic acids is 1. The van der Waals surface area contributed by atoms with Gasteiger partial charge in [0.15, 0.2) is 0 Å². The number of nitrogens with zero attached hydrogens (tertiary/aromatic N) is 1. The molecule has 7 heteroatoms. The van der Waals surface area contributed by atoms with Crippen LogP contribution >= 0.6 is 0 Å². The standard InChI is InChI=1S/C16H20N2O5/c19-12-4-1-5-13(15(12)16(21)22)23-11-8-18(9-11)14(20)7-10-3-2-6-17-10/h1,4-5,10-11,17,19H,2-3,6-9H2,(H,21,22)/t10-/m0/s1. The summed E-state index contributed by atoms with van der Waals surface area (Å²) >= 11 is 0. The number of phenols is 1. The number of carboxylic acids is 1. The van der Waals surface area contributed by atoms with Gasteiger partial charge in [0.1, 0.15) is 23.2 Å². The Labute approximate surface area is 133 Å². The Balaban J connectivity index is 1.53. The van der Waals surface area contributed by atoms with Gasteiger partial charge in [-0.15, -0.1) is 0 Å². The normalized spacial score (nSPS) is 21.0. The van der Waals surface area contributed by atoms with Gasteiger partial charge in [-0.25, -0.2) is 4.79 Å². The lowest BCUT2D eigenvalue weighted by molar-refractivity contribution is -0.140. The van der Waals surface area contributed by atoms with Gasteiger partial charge in [-0.2, -0.15) is 0 Å². The summed E-state index contributed by atoms with van der Waals surface area (Å²) in [6.07, 6.45) is 2.40. The molecule has 0 aromatic heterocycles. The third-order valence-electron chi connectivity index (χ3n) is 4.30. The molecule has 124 valence electrons. The number of carbonyl (C=O) groups is 2. The molecule has 0 radical (unpaired) electrons. The maximum atomic E-state index is 12.1. The first kappa shape index (κ1) is 15.6. The number of nitrogens with one attached hydrogen (secondary N) is 1. The molecule has 1 amide bonds. The predicted octanol–water partition coefficient (Wildman–Crippen LogP) is 0.822. The van der Waals surface area contributed by atoms with Crippen molar-refractivity contribution in [2.45, 2.75) is 31.4 Å². The predicted molar refractivity (Wildman–Crippen MR) is 81.7 cm³/mol. The lowest BCUT2D eigenvalue weighted by Crippen LogP contribution is -2.56. The van der Waals surface area contributed by atoms with E-state index in [1.807, 2.05) is 0 Å². The van der Waals surface area contributed by atoms with Gasteiger partial charge in [-0.3, -0.25) is 4.79 Å². The van der Waals surface area contributed by atoms with Gasteiger partial charge in [-0.1, -0.05) is 6.07 Å². The highest BCUT2D eigenvalue weighted by Gasteiger charge is 2.34. The molecule has 1 aromatic rings. The number of ether oxygens (including phenoxy) is 1. The molecule has 0 bridgehead atoms. The molecule has 0 saturated carbocycles. The van der Waals surface area contributed by atoms with Crippen LogP contribution in [0.4, 0.5) is 0 Å². The molecular formula is C16H20N2O5. The Kier molecular flexibility index (Phi) is 4.38. The molecular weight excluding hydrogens is 300 g/mol. The minimum atomic E-state index is -1.24. The Bertz CT molecular complexity index is 606. The highest BCUT2D eigenvalue weighted by Crippen LogP contribution is 2.29. The first-order valence-corrected chi connectivity index (χ1v) is 7.77. The van der Waals surface area contributed by atoms with Crippen LogP contribution in [0, 0.1) is 0 Å². The van der Waals surface area contributed by atoms with Crippen molar-refractivity contribution in [1.29, 1.82) is 0 Å². The molecule has 2 aliphatic rings. The monoisotopic (exact) mass is 320 g/mol. The van der Waals surface area contributed by atoms with E-state index in [0.717, 1.165) is 19.4 Å². The van der Waals surface area contributed by atoms with E-state index in [1.54, 1.807) is 4.90 Å². The van der Waals surface area contributed by atoms with Crippen LogP contribution in [-0.4, -0.2) is 58.8 Å². The third kappa shape index (κ3) is 3.39. The molecule has 2 saturated heterocycles. The topological polar surface area (TPSA) is 99.1 Å². The van der Waals surface area contributed by atoms with E-state index in [-0.39, 0.29) is 35.1 Å². The largest absolute Gasteiger partial charge is 0.507 e. The number of likely N-dealkylation sites (tertiary alicyclic amines) is 1. The van der Waals surface area contributed by atoms with Gasteiger partial charge in [0, 0.05) is 12.5 Å². The fraction of sp³-hybridized carbons (Fsp3) is 0.500. The summed E-state index contributed by atoms with van der Waals surface area (Å²) in [5.74, 6) is -1.34. The SMILES string of the molecule is O=C(O)c1c(O)cccc1OC1CN(C(=O)C[C@@H]2CCCN2)C1. The number of hydrogen-bond acceptors (Lipinski definition) is 5. The van der Waals surface area contributed by atoms with Crippen molar-refractivity contribution in [2.24, 2.45) is 0 Å². The van der Waals surface area contributed by atoms with Crippen LogP contribution in [0.15, 0.2) is 18.2 Å². The van der Waals surface area contributed by atoms with Gasteiger partial charge in [-0.05, 0) is 31.5 Å². The Hall–Kier alpha value is -2.28. The Morgan fingerprint density at radius 2 is 2.13 bits per heavy atom. The number of benzene rings is 1. The quantitative estimate of drug-likeness (QED) is 0.743. The molecule has 2 fully saturated rings. The second-order valence-electron chi connectivity index (χ2n) is 5.99. The van der Waals surface area contributed by atoms with Crippen molar-refractivity contribution in [3.8, 4) is 11.5 Å². The number of aromatic carboxylic acids is 1. The fourth-order valence-corrected chi connectivity index (χ4v) is 3.00. The fourth-order valence-electron chi connectivity index (χ4n) is 3.00. The number of carboxylic acid groups (broad SMARTS) is 1. The lowest BCUT2D eigenvalue weighted by Gasteiger charge is -2.39. The molecule has 0 spiro atoms. The van der Waals surface area contributed by atoms with E-state index in [9.17, 15) is 14.7 Å². The molecule has 2 heterocycles. The van der Waals surface area contributed by atoms with Crippen LogP contribution in [0.25, 0.3) is 0 Å². The molecule has 0 unspecified atom stereocenters. The van der Waals surface area contributed by atoms with Gasteiger partial charge in [0.2, 0.25) is 5.91 Å². The van der Waals surface area contributed by atoms with Crippen molar-refractivity contribution in [1.82, 2.24) is 10.2 Å². The van der Waals surface area contributed by atoms with Crippen molar-refractivity contribution in [2.75, 3.05) is 19.6 Å². The maximum absolute atomic E-state index is 12.1. The maximum Gasteiger partial charge on any atom is 0.343 e. The molecule has 1 aromatic carbocycles. The second kappa shape index (κ2) is 6.45. The summed E-state index contributed by atoms with van der Waals surface area (Å²) in [5, 5.41) is 22.1. The van der Waals surface area contributed by atoms with Crippen molar-refractivity contribution in [3.05, 3.63) is 23.8 Å². The van der Waals surface area contributed by atoms with Crippen LogP contribution < -0.4 is 10.1 Å². The summed E-state index contributed by atoms with van der Waals surface area (Å²) in [6, 6.07) is 4.62. The smallest absolute Gasteiger partial charge is 0.343 e. The molecule has 0 aliphatic carbocycles. The van der Waals surface area contributed by atoms with Gasteiger partial charge < -0.3 is 25.2 Å². The summed E-state index contributed by atoms with van der Waals surface area (Å²) < 4.78 is 5.62.